The Kier molecular flexibility index (Phi) is 2.67. The molecular weight excluding hydrogens is 300 g/mol. The van der Waals surface area contributed by atoms with Gasteiger partial charge in [-0.2, -0.15) is 0 Å². The summed E-state index contributed by atoms with van der Waals surface area (Å²) in [5.74, 6) is 0. The van der Waals surface area contributed by atoms with Gasteiger partial charge in [-0.3, -0.25) is 4.79 Å². The van der Waals surface area contributed by atoms with Crippen LogP contribution in [-0.4, -0.2) is 20.2 Å². The van der Waals surface area contributed by atoms with Gasteiger partial charge < -0.3 is 4.52 Å². The zero-order chi connectivity index (χ0) is 12.5. The van der Waals surface area contributed by atoms with Gasteiger partial charge in [0.1, 0.15) is 17.5 Å². The van der Waals surface area contributed by atoms with E-state index in [9.17, 15) is 4.79 Å². The average Bonchev–Trinajstić information content (AvgIpc) is 2.86. The van der Waals surface area contributed by atoms with Crippen LogP contribution >= 0.6 is 15.9 Å². The second-order valence-electron chi connectivity index (χ2n) is 3.70. The lowest BCUT2D eigenvalue weighted by molar-refractivity contribution is 0.406. The molecule has 0 saturated heterocycles. The first-order valence-corrected chi connectivity index (χ1v) is 5.96. The highest BCUT2D eigenvalue weighted by atomic mass is 79.9. The van der Waals surface area contributed by atoms with Crippen LogP contribution in [0.2, 0.25) is 0 Å². The summed E-state index contributed by atoms with van der Waals surface area (Å²) in [5.41, 5.74) is 0.990. The maximum absolute atomic E-state index is 12.2. The molecule has 0 bridgehead atoms. The first-order valence-electron chi connectivity index (χ1n) is 5.16. The summed E-state index contributed by atoms with van der Waals surface area (Å²) in [6.07, 6.45) is 1.45. The van der Waals surface area contributed by atoms with Gasteiger partial charge in [0.2, 0.25) is 0 Å². The monoisotopic (exact) mass is 306 g/mol. The molecule has 7 heteroatoms. The number of fused-ring (bicyclic) bond motifs is 1. The molecule has 1 aromatic carbocycles. The van der Waals surface area contributed by atoms with Crippen molar-refractivity contribution in [2.24, 2.45) is 0 Å². The first-order chi connectivity index (χ1) is 8.74. The molecule has 0 aliphatic heterocycles. The summed E-state index contributed by atoms with van der Waals surface area (Å²) in [6, 6.07) is 6.97. The van der Waals surface area contributed by atoms with Crippen molar-refractivity contribution < 1.29 is 4.52 Å². The zero-order valence-electron chi connectivity index (χ0n) is 9.08. The lowest BCUT2D eigenvalue weighted by Crippen LogP contribution is -2.24. The maximum Gasteiger partial charge on any atom is 0.278 e. The Bertz CT molecular complexity index is 751. The average molecular weight is 307 g/mol. The summed E-state index contributed by atoms with van der Waals surface area (Å²) in [5, 5.41) is 12.1. The minimum Gasteiger partial charge on any atom is -0.364 e. The van der Waals surface area contributed by atoms with Gasteiger partial charge in [-0.15, -0.1) is 5.10 Å². The molecule has 2 heterocycles. The predicted octanol–water partition coefficient (Wildman–Crippen LogP) is 1.59. The van der Waals surface area contributed by atoms with Crippen LogP contribution in [0, 0.1) is 0 Å². The number of aromatic nitrogens is 4. The van der Waals surface area contributed by atoms with E-state index < -0.39 is 0 Å². The van der Waals surface area contributed by atoms with Crippen LogP contribution < -0.4 is 5.56 Å². The summed E-state index contributed by atoms with van der Waals surface area (Å²) in [4.78, 5) is 12.2. The van der Waals surface area contributed by atoms with Gasteiger partial charge in [0.25, 0.3) is 5.56 Å². The van der Waals surface area contributed by atoms with Crippen molar-refractivity contribution in [3.05, 3.63) is 51.0 Å². The van der Waals surface area contributed by atoms with E-state index in [1.165, 1.54) is 10.9 Å². The number of hydrogen-bond acceptors (Lipinski definition) is 5. The van der Waals surface area contributed by atoms with Crippen molar-refractivity contribution in [2.45, 2.75) is 6.54 Å². The number of benzene rings is 1. The number of hydrogen-bond donors (Lipinski definition) is 0. The molecule has 3 rings (SSSR count). The van der Waals surface area contributed by atoms with E-state index in [1.807, 2.05) is 6.07 Å². The summed E-state index contributed by atoms with van der Waals surface area (Å²) in [7, 11) is 0. The Balaban J connectivity index is 2.14. The van der Waals surface area contributed by atoms with E-state index in [0.29, 0.717) is 16.6 Å². The van der Waals surface area contributed by atoms with Crippen LogP contribution in [0.1, 0.15) is 5.69 Å². The first kappa shape index (κ1) is 11.1. The molecule has 18 heavy (non-hydrogen) atoms. The van der Waals surface area contributed by atoms with E-state index in [-0.39, 0.29) is 12.1 Å². The lowest BCUT2D eigenvalue weighted by Gasteiger charge is -2.02. The maximum atomic E-state index is 12.2. The second kappa shape index (κ2) is 4.34. The van der Waals surface area contributed by atoms with Gasteiger partial charge in [0.05, 0.1) is 11.9 Å². The van der Waals surface area contributed by atoms with E-state index in [2.05, 4.69) is 31.4 Å². The van der Waals surface area contributed by atoms with Crippen molar-refractivity contribution in [1.29, 1.82) is 0 Å². The fraction of sp³-hybridized carbons (Fsp3) is 0.0909. The van der Waals surface area contributed by atoms with Gasteiger partial charge in [0.15, 0.2) is 0 Å². The van der Waals surface area contributed by atoms with Crippen molar-refractivity contribution in [1.82, 2.24) is 20.2 Å². The van der Waals surface area contributed by atoms with Gasteiger partial charge in [-0.05, 0) is 18.2 Å². The highest BCUT2D eigenvalue weighted by Crippen LogP contribution is 2.14. The zero-order valence-corrected chi connectivity index (χ0v) is 10.7. The second-order valence-corrected chi connectivity index (χ2v) is 4.62. The van der Waals surface area contributed by atoms with Crippen LogP contribution in [0.3, 0.4) is 0 Å². The Morgan fingerprint density at radius 2 is 2.22 bits per heavy atom. The normalized spacial score (nSPS) is 10.9. The van der Waals surface area contributed by atoms with E-state index >= 15 is 0 Å². The van der Waals surface area contributed by atoms with E-state index in [0.717, 1.165) is 4.47 Å². The lowest BCUT2D eigenvalue weighted by atomic mass is 10.2. The third-order valence-electron chi connectivity index (χ3n) is 2.49. The highest BCUT2D eigenvalue weighted by Gasteiger charge is 2.07. The molecule has 0 spiro atoms. The third-order valence-corrected chi connectivity index (χ3v) is 2.98. The Hall–Kier alpha value is -2.02. The smallest absolute Gasteiger partial charge is 0.278 e. The Morgan fingerprint density at radius 1 is 1.33 bits per heavy atom. The van der Waals surface area contributed by atoms with Crippen molar-refractivity contribution >= 4 is 26.8 Å². The number of rotatable bonds is 2. The Labute approximate surface area is 109 Å². The molecule has 0 fully saturated rings. The molecular formula is C11H7BrN4O2. The standard InChI is InChI=1S/C11H7BrN4O2/c12-7-1-2-10-9(5-7)11(17)16(15-13-10)6-8-3-4-18-14-8/h1-5H,6H2. The van der Waals surface area contributed by atoms with Crippen LogP contribution in [0.5, 0.6) is 0 Å². The molecule has 0 radical (unpaired) electrons. The van der Waals surface area contributed by atoms with Crippen LogP contribution in [0.25, 0.3) is 10.9 Å². The van der Waals surface area contributed by atoms with Crippen molar-refractivity contribution in [2.75, 3.05) is 0 Å². The van der Waals surface area contributed by atoms with Gasteiger partial charge in [-0.25, -0.2) is 4.68 Å². The predicted molar refractivity (Wildman–Crippen MR) is 67.1 cm³/mol. The molecule has 3 aromatic rings. The summed E-state index contributed by atoms with van der Waals surface area (Å²) < 4.78 is 6.80. The molecule has 0 unspecified atom stereocenters. The fourth-order valence-electron chi connectivity index (χ4n) is 1.62. The molecule has 0 saturated carbocycles. The van der Waals surface area contributed by atoms with Gasteiger partial charge >= 0.3 is 0 Å². The molecule has 2 aromatic heterocycles. The molecule has 90 valence electrons. The van der Waals surface area contributed by atoms with Crippen molar-refractivity contribution in [3.8, 4) is 0 Å². The number of nitrogens with zero attached hydrogens (tertiary/aromatic N) is 4. The molecule has 6 nitrogen and oxygen atoms in total. The van der Waals surface area contributed by atoms with E-state index in [4.69, 9.17) is 4.52 Å². The van der Waals surface area contributed by atoms with Crippen molar-refractivity contribution in [3.63, 3.8) is 0 Å². The van der Waals surface area contributed by atoms with Crippen LogP contribution in [0.4, 0.5) is 0 Å². The summed E-state index contributed by atoms with van der Waals surface area (Å²) >= 11 is 3.33. The summed E-state index contributed by atoms with van der Waals surface area (Å²) in [6.45, 7) is 0.241. The molecule has 0 aliphatic carbocycles. The SMILES string of the molecule is O=c1c2cc(Br)ccc2nnn1Cc1ccon1. The fourth-order valence-corrected chi connectivity index (χ4v) is 1.99. The number of halogens is 1. The Morgan fingerprint density at radius 3 is 3.00 bits per heavy atom. The minimum absolute atomic E-state index is 0.204. The van der Waals surface area contributed by atoms with E-state index in [1.54, 1.807) is 18.2 Å². The van der Waals surface area contributed by atoms with Crippen LogP contribution in [-0.2, 0) is 6.54 Å². The van der Waals surface area contributed by atoms with Gasteiger partial charge in [-0.1, -0.05) is 26.3 Å². The third kappa shape index (κ3) is 1.92. The van der Waals surface area contributed by atoms with Crippen LogP contribution in [0.15, 0.2) is 44.3 Å². The molecule has 0 N–H and O–H groups in total. The molecule has 0 aliphatic rings. The largest absolute Gasteiger partial charge is 0.364 e. The topological polar surface area (TPSA) is 73.8 Å². The quantitative estimate of drug-likeness (QED) is 0.719. The minimum atomic E-state index is -0.204. The molecule has 0 amide bonds. The highest BCUT2D eigenvalue weighted by molar-refractivity contribution is 9.10. The molecule has 0 atom stereocenters. The van der Waals surface area contributed by atoms with Gasteiger partial charge in [0, 0.05) is 10.5 Å².